The van der Waals surface area contributed by atoms with Gasteiger partial charge in [-0.05, 0) is 12.5 Å². The van der Waals surface area contributed by atoms with E-state index in [1.807, 2.05) is 30.3 Å². The zero-order valence-corrected chi connectivity index (χ0v) is 10.2. The Morgan fingerprint density at radius 2 is 2.18 bits per heavy atom. The fourth-order valence-electron chi connectivity index (χ4n) is 1.32. The molecule has 0 aliphatic heterocycles. The summed E-state index contributed by atoms with van der Waals surface area (Å²) in [6.07, 6.45) is 1.27. The SMILES string of the molecule is CCOC(=O)Nc1ncc(-c2ccccc2)s1. The molecule has 2 rings (SSSR count). The second-order valence-corrected chi connectivity index (χ2v) is 4.27. The van der Waals surface area contributed by atoms with Crippen molar-refractivity contribution >= 4 is 22.6 Å². The summed E-state index contributed by atoms with van der Waals surface area (Å²) in [6, 6.07) is 9.90. The van der Waals surface area contributed by atoms with E-state index in [1.54, 1.807) is 13.1 Å². The quantitative estimate of drug-likeness (QED) is 0.905. The van der Waals surface area contributed by atoms with Gasteiger partial charge in [-0.2, -0.15) is 0 Å². The summed E-state index contributed by atoms with van der Waals surface area (Å²) < 4.78 is 4.78. The van der Waals surface area contributed by atoms with Crippen LogP contribution in [0.4, 0.5) is 9.93 Å². The molecule has 4 nitrogen and oxygen atoms in total. The molecule has 88 valence electrons. The molecule has 0 unspecified atom stereocenters. The number of anilines is 1. The molecule has 1 amide bonds. The molecule has 2 aromatic rings. The van der Waals surface area contributed by atoms with Crippen LogP contribution in [-0.4, -0.2) is 17.7 Å². The maximum Gasteiger partial charge on any atom is 0.413 e. The lowest BCUT2D eigenvalue weighted by Crippen LogP contribution is -2.12. The van der Waals surface area contributed by atoms with Crippen molar-refractivity contribution in [1.29, 1.82) is 0 Å². The summed E-state index contributed by atoms with van der Waals surface area (Å²) in [5, 5.41) is 3.12. The van der Waals surface area contributed by atoms with Crippen molar-refractivity contribution in [3.8, 4) is 10.4 Å². The highest BCUT2D eigenvalue weighted by molar-refractivity contribution is 7.19. The molecule has 0 fully saturated rings. The van der Waals surface area contributed by atoms with Crippen molar-refractivity contribution in [2.45, 2.75) is 6.92 Å². The Kier molecular flexibility index (Phi) is 3.72. The van der Waals surface area contributed by atoms with Crippen molar-refractivity contribution in [2.75, 3.05) is 11.9 Å². The zero-order valence-electron chi connectivity index (χ0n) is 9.34. The first kappa shape index (κ1) is 11.6. The Labute approximate surface area is 103 Å². The van der Waals surface area contributed by atoms with Gasteiger partial charge in [0.25, 0.3) is 0 Å². The number of amides is 1. The van der Waals surface area contributed by atoms with Gasteiger partial charge in [0, 0.05) is 6.20 Å². The first-order valence-electron chi connectivity index (χ1n) is 5.24. The van der Waals surface area contributed by atoms with Crippen LogP contribution in [0.15, 0.2) is 36.5 Å². The number of hydrogen-bond donors (Lipinski definition) is 1. The highest BCUT2D eigenvalue weighted by Gasteiger charge is 2.07. The van der Waals surface area contributed by atoms with Crippen molar-refractivity contribution in [3.05, 3.63) is 36.5 Å². The van der Waals surface area contributed by atoms with Crippen LogP contribution in [0.1, 0.15) is 6.92 Å². The molecule has 1 N–H and O–H groups in total. The van der Waals surface area contributed by atoms with E-state index >= 15 is 0 Å². The summed E-state index contributed by atoms with van der Waals surface area (Å²) in [5.41, 5.74) is 1.09. The number of carbonyl (C=O) groups is 1. The maximum atomic E-state index is 11.2. The number of carbonyl (C=O) groups excluding carboxylic acids is 1. The van der Waals surface area contributed by atoms with E-state index in [-0.39, 0.29) is 0 Å². The molecular formula is C12H12N2O2S. The molecule has 17 heavy (non-hydrogen) atoms. The van der Waals surface area contributed by atoms with Gasteiger partial charge in [-0.1, -0.05) is 41.7 Å². The summed E-state index contributed by atoms with van der Waals surface area (Å²) in [7, 11) is 0. The van der Waals surface area contributed by atoms with Crippen LogP contribution < -0.4 is 5.32 Å². The number of rotatable bonds is 3. The van der Waals surface area contributed by atoms with Crippen molar-refractivity contribution in [3.63, 3.8) is 0 Å². The lowest BCUT2D eigenvalue weighted by atomic mass is 10.2. The minimum Gasteiger partial charge on any atom is -0.450 e. The highest BCUT2D eigenvalue weighted by Crippen LogP contribution is 2.28. The van der Waals surface area contributed by atoms with E-state index in [0.717, 1.165) is 10.4 Å². The van der Waals surface area contributed by atoms with Gasteiger partial charge in [0.15, 0.2) is 5.13 Å². The Balaban J connectivity index is 2.09. The van der Waals surface area contributed by atoms with Crippen molar-refractivity contribution in [1.82, 2.24) is 4.98 Å². The smallest absolute Gasteiger partial charge is 0.413 e. The molecule has 1 aromatic carbocycles. The number of benzene rings is 1. The minimum atomic E-state index is -0.471. The number of aromatic nitrogens is 1. The molecule has 0 spiro atoms. The monoisotopic (exact) mass is 248 g/mol. The van der Waals surface area contributed by atoms with Gasteiger partial charge >= 0.3 is 6.09 Å². The van der Waals surface area contributed by atoms with Gasteiger partial charge in [0.05, 0.1) is 11.5 Å². The lowest BCUT2D eigenvalue weighted by Gasteiger charge is -2.00. The Morgan fingerprint density at radius 1 is 1.41 bits per heavy atom. The number of nitrogens with zero attached hydrogens (tertiary/aromatic N) is 1. The van der Waals surface area contributed by atoms with Crippen molar-refractivity contribution < 1.29 is 9.53 Å². The van der Waals surface area contributed by atoms with Gasteiger partial charge in [0.1, 0.15) is 0 Å². The van der Waals surface area contributed by atoms with Crippen molar-refractivity contribution in [2.24, 2.45) is 0 Å². The molecule has 0 radical (unpaired) electrons. The van der Waals surface area contributed by atoms with E-state index in [9.17, 15) is 4.79 Å². The van der Waals surface area contributed by atoms with E-state index in [1.165, 1.54) is 11.3 Å². The van der Waals surface area contributed by atoms with Crippen LogP contribution >= 0.6 is 11.3 Å². The van der Waals surface area contributed by atoms with Crippen LogP contribution in [0.5, 0.6) is 0 Å². The minimum absolute atomic E-state index is 0.350. The lowest BCUT2D eigenvalue weighted by molar-refractivity contribution is 0.168. The van der Waals surface area contributed by atoms with Crippen LogP contribution in [0.25, 0.3) is 10.4 Å². The molecule has 1 aromatic heterocycles. The van der Waals surface area contributed by atoms with Crippen LogP contribution in [-0.2, 0) is 4.74 Å². The largest absolute Gasteiger partial charge is 0.450 e. The van der Waals surface area contributed by atoms with Gasteiger partial charge in [-0.3, -0.25) is 5.32 Å². The second-order valence-electron chi connectivity index (χ2n) is 3.24. The molecule has 0 saturated heterocycles. The number of hydrogen-bond acceptors (Lipinski definition) is 4. The van der Waals surface area contributed by atoms with Crippen LogP contribution in [0.2, 0.25) is 0 Å². The zero-order chi connectivity index (χ0) is 12.1. The van der Waals surface area contributed by atoms with E-state index in [2.05, 4.69) is 10.3 Å². The molecule has 5 heteroatoms. The third-order valence-corrected chi connectivity index (χ3v) is 3.01. The standard InChI is InChI=1S/C12H12N2O2S/c1-2-16-12(15)14-11-13-8-10(17-11)9-6-4-3-5-7-9/h3-8H,2H2,1H3,(H,13,14,15). The molecule has 1 heterocycles. The average Bonchev–Trinajstić information content (AvgIpc) is 2.79. The van der Waals surface area contributed by atoms with E-state index in [4.69, 9.17) is 4.74 Å². The average molecular weight is 248 g/mol. The summed E-state index contributed by atoms with van der Waals surface area (Å²) in [6.45, 7) is 2.11. The van der Waals surface area contributed by atoms with Gasteiger partial charge in [-0.15, -0.1) is 0 Å². The molecular weight excluding hydrogens is 236 g/mol. The van der Waals surface area contributed by atoms with Crippen LogP contribution in [0, 0.1) is 0 Å². The normalized spacial score (nSPS) is 9.94. The summed E-state index contributed by atoms with van der Waals surface area (Å²) in [5.74, 6) is 0. The van der Waals surface area contributed by atoms with Crippen LogP contribution in [0.3, 0.4) is 0 Å². The first-order chi connectivity index (χ1) is 8.29. The maximum absolute atomic E-state index is 11.2. The fraction of sp³-hybridized carbons (Fsp3) is 0.167. The third-order valence-electron chi connectivity index (χ3n) is 2.05. The predicted octanol–water partition coefficient (Wildman–Crippen LogP) is 3.38. The molecule has 0 saturated carbocycles. The molecule has 0 aliphatic rings. The first-order valence-corrected chi connectivity index (χ1v) is 6.06. The Bertz CT molecular complexity index is 496. The van der Waals surface area contributed by atoms with E-state index < -0.39 is 6.09 Å². The molecule has 0 aliphatic carbocycles. The number of nitrogens with one attached hydrogen (secondary N) is 1. The molecule has 0 bridgehead atoms. The number of thiazole rings is 1. The molecule has 0 atom stereocenters. The third kappa shape index (κ3) is 3.04. The fourth-order valence-corrected chi connectivity index (χ4v) is 2.13. The summed E-state index contributed by atoms with van der Waals surface area (Å²) in [4.78, 5) is 16.3. The predicted molar refractivity (Wildman–Crippen MR) is 68.2 cm³/mol. The summed E-state index contributed by atoms with van der Waals surface area (Å²) >= 11 is 1.42. The Morgan fingerprint density at radius 3 is 2.88 bits per heavy atom. The highest BCUT2D eigenvalue weighted by atomic mass is 32.1. The number of ether oxygens (including phenoxy) is 1. The Hall–Kier alpha value is -1.88. The van der Waals surface area contributed by atoms with Gasteiger partial charge in [-0.25, -0.2) is 9.78 Å². The second kappa shape index (κ2) is 5.45. The van der Waals surface area contributed by atoms with Gasteiger partial charge in [0.2, 0.25) is 0 Å². The topological polar surface area (TPSA) is 51.2 Å². The van der Waals surface area contributed by atoms with E-state index in [0.29, 0.717) is 11.7 Å². The van der Waals surface area contributed by atoms with Gasteiger partial charge < -0.3 is 4.74 Å².